The van der Waals surface area contributed by atoms with Crippen molar-refractivity contribution >= 4 is 34.9 Å². The number of hydrogen-bond acceptors (Lipinski definition) is 6. The second kappa shape index (κ2) is 9.27. The van der Waals surface area contributed by atoms with Gasteiger partial charge in [0.2, 0.25) is 0 Å². The molecule has 1 aromatic heterocycles. The molecule has 0 atom stereocenters. The number of para-hydroxylation sites is 2. The van der Waals surface area contributed by atoms with E-state index in [-0.39, 0.29) is 11.7 Å². The highest BCUT2D eigenvalue weighted by Crippen LogP contribution is 2.24. The van der Waals surface area contributed by atoms with Crippen molar-refractivity contribution in [3.63, 3.8) is 0 Å². The van der Waals surface area contributed by atoms with Crippen LogP contribution in [0.1, 0.15) is 12.5 Å². The molecular weight excluding hydrogens is 376 g/mol. The molecule has 0 saturated carbocycles. The number of fused-ring (bicyclic) bond motifs is 1. The quantitative estimate of drug-likeness (QED) is 0.358. The molecule has 0 aliphatic rings. The van der Waals surface area contributed by atoms with E-state index in [9.17, 15) is 4.79 Å². The van der Waals surface area contributed by atoms with Crippen LogP contribution in [0, 0.1) is 0 Å². The highest BCUT2D eigenvalue weighted by molar-refractivity contribution is 7.99. The zero-order valence-corrected chi connectivity index (χ0v) is 16.8. The summed E-state index contributed by atoms with van der Waals surface area (Å²) in [5, 5.41) is 4.84. The van der Waals surface area contributed by atoms with Gasteiger partial charge in [-0.1, -0.05) is 23.9 Å². The summed E-state index contributed by atoms with van der Waals surface area (Å²) in [7, 11) is 3.16. The normalized spacial score (nSPS) is 11.1. The molecule has 0 saturated heterocycles. The number of carbonyl (C=O) groups is 1. The molecule has 3 aromatic rings. The van der Waals surface area contributed by atoms with Gasteiger partial charge in [0.1, 0.15) is 11.5 Å². The van der Waals surface area contributed by atoms with Crippen LogP contribution < -0.4 is 14.9 Å². The third-order valence-corrected chi connectivity index (χ3v) is 5.08. The van der Waals surface area contributed by atoms with Gasteiger partial charge in [0.25, 0.3) is 5.91 Å². The lowest BCUT2D eigenvalue weighted by molar-refractivity contribution is -0.118. The minimum absolute atomic E-state index is 0.205. The maximum absolute atomic E-state index is 12.1. The molecule has 0 aliphatic heterocycles. The number of ether oxygens (including phenoxy) is 2. The first kappa shape index (κ1) is 19.8. The zero-order chi connectivity index (χ0) is 19.9. The van der Waals surface area contributed by atoms with E-state index in [0.717, 1.165) is 28.3 Å². The molecule has 0 unspecified atom stereocenters. The molecule has 1 heterocycles. The van der Waals surface area contributed by atoms with Crippen molar-refractivity contribution in [2.75, 3.05) is 20.0 Å². The zero-order valence-electron chi connectivity index (χ0n) is 16.0. The van der Waals surface area contributed by atoms with Gasteiger partial charge in [-0.15, -0.1) is 0 Å². The van der Waals surface area contributed by atoms with Crippen LogP contribution in [0.4, 0.5) is 0 Å². The smallest absolute Gasteiger partial charge is 0.250 e. The van der Waals surface area contributed by atoms with E-state index in [1.54, 1.807) is 32.6 Å². The van der Waals surface area contributed by atoms with Crippen LogP contribution in [-0.4, -0.2) is 41.6 Å². The molecule has 0 aliphatic carbocycles. The molecule has 0 bridgehead atoms. The Labute approximate surface area is 167 Å². The summed E-state index contributed by atoms with van der Waals surface area (Å²) in [6, 6.07) is 13.3. The van der Waals surface area contributed by atoms with Gasteiger partial charge in [0, 0.05) is 18.2 Å². The topological polar surface area (TPSA) is 77.7 Å². The predicted octanol–water partition coefficient (Wildman–Crippen LogP) is 3.32. The van der Waals surface area contributed by atoms with Crippen LogP contribution in [0.15, 0.2) is 52.7 Å². The standard InChI is InChI=1S/C20H22N4O3S/c1-4-24-17-8-6-5-7-16(17)22-20(24)28-13-19(25)23-21-12-14-9-10-15(26-2)11-18(14)27-3/h5-12H,4,13H2,1-3H3,(H,23,25)/b21-12-. The number of carbonyl (C=O) groups excluding carboxylic acids is 1. The summed E-state index contributed by atoms with van der Waals surface area (Å²) in [6.45, 7) is 2.85. The van der Waals surface area contributed by atoms with Gasteiger partial charge in [0.05, 0.1) is 37.2 Å². The largest absolute Gasteiger partial charge is 0.497 e. The lowest BCUT2D eigenvalue weighted by Gasteiger charge is -2.07. The average Bonchev–Trinajstić information content (AvgIpc) is 3.09. The highest BCUT2D eigenvalue weighted by atomic mass is 32.2. The lowest BCUT2D eigenvalue weighted by atomic mass is 10.2. The van der Waals surface area contributed by atoms with Crippen molar-refractivity contribution in [2.24, 2.45) is 5.10 Å². The van der Waals surface area contributed by atoms with Crippen LogP contribution in [0.25, 0.3) is 11.0 Å². The average molecular weight is 398 g/mol. The number of amides is 1. The molecular formula is C20H22N4O3S. The van der Waals surface area contributed by atoms with Crippen molar-refractivity contribution in [2.45, 2.75) is 18.6 Å². The van der Waals surface area contributed by atoms with Gasteiger partial charge in [-0.2, -0.15) is 5.10 Å². The Bertz CT molecular complexity index is 1000. The Morgan fingerprint density at radius 1 is 1.25 bits per heavy atom. The molecule has 0 radical (unpaired) electrons. The molecule has 28 heavy (non-hydrogen) atoms. The van der Waals surface area contributed by atoms with E-state index in [2.05, 4.69) is 27.0 Å². The predicted molar refractivity (Wildman–Crippen MR) is 111 cm³/mol. The van der Waals surface area contributed by atoms with Crippen LogP contribution >= 0.6 is 11.8 Å². The maximum atomic E-state index is 12.1. The maximum Gasteiger partial charge on any atom is 0.250 e. The molecule has 1 N–H and O–H groups in total. The Kier molecular flexibility index (Phi) is 6.54. The number of imidazole rings is 1. The monoisotopic (exact) mass is 398 g/mol. The van der Waals surface area contributed by atoms with Gasteiger partial charge in [-0.05, 0) is 31.2 Å². The van der Waals surface area contributed by atoms with Crippen molar-refractivity contribution in [3.05, 3.63) is 48.0 Å². The van der Waals surface area contributed by atoms with Gasteiger partial charge in [0.15, 0.2) is 5.16 Å². The highest BCUT2D eigenvalue weighted by Gasteiger charge is 2.11. The number of hydrazone groups is 1. The fourth-order valence-electron chi connectivity index (χ4n) is 2.73. The van der Waals surface area contributed by atoms with Crippen LogP contribution in [0.2, 0.25) is 0 Å². The van der Waals surface area contributed by atoms with E-state index in [1.165, 1.54) is 11.8 Å². The second-order valence-corrected chi connectivity index (χ2v) is 6.76. The first-order valence-electron chi connectivity index (χ1n) is 8.78. The van der Waals surface area contributed by atoms with Crippen molar-refractivity contribution in [1.82, 2.24) is 15.0 Å². The van der Waals surface area contributed by atoms with E-state index < -0.39 is 0 Å². The van der Waals surface area contributed by atoms with Crippen LogP contribution in [-0.2, 0) is 11.3 Å². The number of aromatic nitrogens is 2. The third kappa shape index (κ3) is 4.45. The number of methoxy groups -OCH3 is 2. The number of thioether (sulfide) groups is 1. The molecule has 7 nitrogen and oxygen atoms in total. The van der Waals surface area contributed by atoms with Crippen molar-refractivity contribution < 1.29 is 14.3 Å². The summed E-state index contributed by atoms with van der Waals surface area (Å²) < 4.78 is 12.6. The number of hydrogen-bond donors (Lipinski definition) is 1. The number of aryl methyl sites for hydroxylation is 1. The number of nitrogens with one attached hydrogen (secondary N) is 1. The second-order valence-electron chi connectivity index (χ2n) is 5.82. The minimum atomic E-state index is -0.205. The van der Waals surface area contributed by atoms with E-state index in [1.807, 2.05) is 30.3 Å². The van der Waals surface area contributed by atoms with Gasteiger partial charge >= 0.3 is 0 Å². The molecule has 2 aromatic carbocycles. The Balaban J connectivity index is 1.60. The van der Waals surface area contributed by atoms with Gasteiger partial charge in [-0.25, -0.2) is 10.4 Å². The summed E-state index contributed by atoms with van der Waals surface area (Å²) in [4.78, 5) is 16.7. The fourth-order valence-corrected chi connectivity index (χ4v) is 3.60. The summed E-state index contributed by atoms with van der Waals surface area (Å²) in [6.07, 6.45) is 1.54. The third-order valence-electron chi connectivity index (χ3n) is 4.10. The van der Waals surface area contributed by atoms with Gasteiger partial charge in [-0.3, -0.25) is 4.79 Å². The Morgan fingerprint density at radius 2 is 2.07 bits per heavy atom. The SMILES string of the molecule is CCn1c(SCC(=O)N/N=C\c2ccc(OC)cc2OC)nc2ccccc21. The van der Waals surface area contributed by atoms with Crippen molar-refractivity contribution in [1.29, 1.82) is 0 Å². The summed E-state index contributed by atoms with van der Waals surface area (Å²) in [5.41, 5.74) is 5.27. The van der Waals surface area contributed by atoms with Crippen LogP contribution in [0.5, 0.6) is 11.5 Å². The minimum Gasteiger partial charge on any atom is -0.497 e. The lowest BCUT2D eigenvalue weighted by Crippen LogP contribution is -2.20. The first-order chi connectivity index (χ1) is 13.7. The molecule has 1 amide bonds. The van der Waals surface area contributed by atoms with E-state index in [0.29, 0.717) is 11.5 Å². The van der Waals surface area contributed by atoms with Gasteiger partial charge < -0.3 is 14.0 Å². The molecule has 0 fully saturated rings. The molecule has 3 rings (SSSR count). The van der Waals surface area contributed by atoms with Crippen molar-refractivity contribution in [3.8, 4) is 11.5 Å². The Morgan fingerprint density at radius 3 is 2.82 bits per heavy atom. The van der Waals surface area contributed by atoms with E-state index in [4.69, 9.17) is 9.47 Å². The number of benzene rings is 2. The summed E-state index contributed by atoms with van der Waals surface area (Å²) >= 11 is 1.39. The fraction of sp³-hybridized carbons (Fsp3) is 0.250. The molecule has 8 heteroatoms. The Hall–Kier alpha value is -3.00. The molecule has 146 valence electrons. The molecule has 0 spiro atoms. The summed E-state index contributed by atoms with van der Waals surface area (Å²) in [5.74, 6) is 1.32. The number of nitrogens with zero attached hydrogens (tertiary/aromatic N) is 3. The first-order valence-corrected chi connectivity index (χ1v) is 9.76. The number of rotatable bonds is 8. The van der Waals surface area contributed by atoms with E-state index >= 15 is 0 Å². The van der Waals surface area contributed by atoms with Crippen LogP contribution in [0.3, 0.4) is 0 Å².